The third-order valence-corrected chi connectivity index (χ3v) is 3.48. The van der Waals surface area contributed by atoms with E-state index in [9.17, 15) is 5.11 Å². The SMILES string of the molecule is OC1(CNC2CCNCC2)CCOCC1. The van der Waals surface area contributed by atoms with Crippen molar-refractivity contribution >= 4 is 0 Å². The fourth-order valence-electron chi connectivity index (χ4n) is 2.29. The molecular weight excluding hydrogens is 192 g/mol. The van der Waals surface area contributed by atoms with Crippen LogP contribution in [0.15, 0.2) is 0 Å². The van der Waals surface area contributed by atoms with Gasteiger partial charge in [-0.3, -0.25) is 0 Å². The minimum atomic E-state index is -0.525. The maximum Gasteiger partial charge on any atom is 0.0815 e. The van der Waals surface area contributed by atoms with E-state index in [2.05, 4.69) is 10.6 Å². The summed E-state index contributed by atoms with van der Waals surface area (Å²) in [5, 5.41) is 17.1. The van der Waals surface area contributed by atoms with Crippen LogP contribution in [0.1, 0.15) is 25.7 Å². The molecule has 0 aromatic carbocycles. The number of aliphatic hydroxyl groups is 1. The van der Waals surface area contributed by atoms with Gasteiger partial charge in [0.1, 0.15) is 0 Å². The summed E-state index contributed by atoms with van der Waals surface area (Å²) >= 11 is 0. The molecule has 2 heterocycles. The zero-order valence-electron chi connectivity index (χ0n) is 9.30. The van der Waals surface area contributed by atoms with Crippen LogP contribution in [-0.4, -0.2) is 49.6 Å². The van der Waals surface area contributed by atoms with Crippen molar-refractivity contribution in [1.29, 1.82) is 0 Å². The van der Waals surface area contributed by atoms with Crippen molar-refractivity contribution < 1.29 is 9.84 Å². The first-order valence-electron chi connectivity index (χ1n) is 6.03. The lowest BCUT2D eigenvalue weighted by atomic mass is 9.93. The predicted molar refractivity (Wildman–Crippen MR) is 58.9 cm³/mol. The van der Waals surface area contributed by atoms with Gasteiger partial charge in [0.25, 0.3) is 0 Å². The first kappa shape index (κ1) is 11.3. The Hall–Kier alpha value is -0.160. The van der Waals surface area contributed by atoms with Gasteiger partial charge < -0.3 is 20.5 Å². The summed E-state index contributed by atoms with van der Waals surface area (Å²) in [7, 11) is 0. The highest BCUT2D eigenvalue weighted by Gasteiger charge is 2.30. The highest BCUT2D eigenvalue weighted by Crippen LogP contribution is 2.19. The number of hydrogen-bond acceptors (Lipinski definition) is 4. The molecule has 2 aliphatic heterocycles. The van der Waals surface area contributed by atoms with Gasteiger partial charge in [-0.15, -0.1) is 0 Å². The number of piperidine rings is 1. The van der Waals surface area contributed by atoms with E-state index < -0.39 is 5.60 Å². The van der Waals surface area contributed by atoms with E-state index >= 15 is 0 Å². The van der Waals surface area contributed by atoms with Crippen LogP contribution >= 0.6 is 0 Å². The van der Waals surface area contributed by atoms with E-state index in [1.54, 1.807) is 0 Å². The van der Waals surface area contributed by atoms with Crippen LogP contribution in [0.2, 0.25) is 0 Å². The second kappa shape index (κ2) is 5.25. The van der Waals surface area contributed by atoms with Crippen molar-refractivity contribution in [2.24, 2.45) is 0 Å². The van der Waals surface area contributed by atoms with Crippen LogP contribution in [0.4, 0.5) is 0 Å². The first-order chi connectivity index (χ1) is 7.29. The van der Waals surface area contributed by atoms with Gasteiger partial charge >= 0.3 is 0 Å². The Morgan fingerprint density at radius 2 is 1.93 bits per heavy atom. The fraction of sp³-hybridized carbons (Fsp3) is 1.00. The Morgan fingerprint density at radius 1 is 1.27 bits per heavy atom. The first-order valence-corrected chi connectivity index (χ1v) is 6.03. The monoisotopic (exact) mass is 214 g/mol. The lowest BCUT2D eigenvalue weighted by Crippen LogP contribution is -2.50. The van der Waals surface area contributed by atoms with Gasteiger partial charge in [-0.25, -0.2) is 0 Å². The minimum Gasteiger partial charge on any atom is -0.388 e. The Labute approximate surface area is 91.4 Å². The molecule has 0 saturated carbocycles. The molecule has 0 amide bonds. The maximum absolute atomic E-state index is 10.2. The molecule has 0 spiro atoms. The summed E-state index contributed by atoms with van der Waals surface area (Å²) in [6, 6.07) is 0.582. The molecule has 4 nitrogen and oxygen atoms in total. The average Bonchev–Trinajstić information content (AvgIpc) is 2.29. The number of rotatable bonds is 3. The molecule has 0 radical (unpaired) electrons. The molecule has 2 fully saturated rings. The molecule has 0 aromatic heterocycles. The summed E-state index contributed by atoms with van der Waals surface area (Å²) in [6.07, 6.45) is 3.88. The molecule has 2 rings (SSSR count). The Kier molecular flexibility index (Phi) is 3.97. The second-order valence-corrected chi connectivity index (χ2v) is 4.74. The summed E-state index contributed by atoms with van der Waals surface area (Å²) in [5.41, 5.74) is -0.525. The van der Waals surface area contributed by atoms with E-state index in [0.717, 1.165) is 32.5 Å². The van der Waals surface area contributed by atoms with Crippen LogP contribution in [0, 0.1) is 0 Å². The Bertz CT molecular complexity index is 187. The molecule has 88 valence electrons. The zero-order chi connectivity index (χ0) is 10.6. The smallest absolute Gasteiger partial charge is 0.0815 e. The van der Waals surface area contributed by atoms with Gasteiger partial charge in [0.15, 0.2) is 0 Å². The molecule has 0 bridgehead atoms. The zero-order valence-corrected chi connectivity index (χ0v) is 9.30. The molecule has 2 aliphatic rings. The topological polar surface area (TPSA) is 53.5 Å². The molecule has 3 N–H and O–H groups in total. The highest BCUT2D eigenvalue weighted by atomic mass is 16.5. The fourth-order valence-corrected chi connectivity index (χ4v) is 2.29. The average molecular weight is 214 g/mol. The van der Waals surface area contributed by atoms with Crippen molar-refractivity contribution in [2.75, 3.05) is 32.8 Å². The van der Waals surface area contributed by atoms with Crippen LogP contribution in [0.3, 0.4) is 0 Å². The third kappa shape index (κ3) is 3.41. The minimum absolute atomic E-state index is 0.525. The van der Waals surface area contributed by atoms with E-state index in [1.165, 1.54) is 12.8 Å². The standard InChI is InChI=1S/C11H22N2O2/c14-11(3-7-15-8-4-11)9-13-10-1-5-12-6-2-10/h10,12-14H,1-9H2. The van der Waals surface area contributed by atoms with E-state index in [1.807, 2.05) is 0 Å². The van der Waals surface area contributed by atoms with Gasteiger partial charge in [-0.05, 0) is 25.9 Å². The van der Waals surface area contributed by atoms with Gasteiger partial charge in [-0.2, -0.15) is 0 Å². The van der Waals surface area contributed by atoms with E-state index in [0.29, 0.717) is 19.3 Å². The summed E-state index contributed by atoms with van der Waals surface area (Å²) in [5.74, 6) is 0. The van der Waals surface area contributed by atoms with Crippen molar-refractivity contribution in [2.45, 2.75) is 37.3 Å². The quantitative estimate of drug-likeness (QED) is 0.612. The van der Waals surface area contributed by atoms with E-state index in [-0.39, 0.29) is 0 Å². The van der Waals surface area contributed by atoms with Crippen LogP contribution < -0.4 is 10.6 Å². The van der Waals surface area contributed by atoms with Crippen LogP contribution in [0.25, 0.3) is 0 Å². The molecule has 0 aromatic rings. The van der Waals surface area contributed by atoms with Crippen molar-refractivity contribution in [3.63, 3.8) is 0 Å². The predicted octanol–water partition coefficient (Wildman–Crippen LogP) is -0.131. The van der Waals surface area contributed by atoms with Crippen molar-refractivity contribution in [3.05, 3.63) is 0 Å². The third-order valence-electron chi connectivity index (χ3n) is 3.48. The molecule has 0 atom stereocenters. The molecule has 2 saturated heterocycles. The lowest BCUT2D eigenvalue weighted by molar-refractivity contribution is -0.0631. The van der Waals surface area contributed by atoms with Crippen LogP contribution in [0.5, 0.6) is 0 Å². The molecular formula is C11H22N2O2. The van der Waals surface area contributed by atoms with Gasteiger partial charge in [0, 0.05) is 38.6 Å². The Morgan fingerprint density at radius 3 is 2.60 bits per heavy atom. The van der Waals surface area contributed by atoms with Gasteiger partial charge in [0.2, 0.25) is 0 Å². The van der Waals surface area contributed by atoms with E-state index in [4.69, 9.17) is 4.74 Å². The molecule has 0 unspecified atom stereocenters. The Balaban J connectivity index is 1.70. The van der Waals surface area contributed by atoms with Crippen molar-refractivity contribution in [3.8, 4) is 0 Å². The van der Waals surface area contributed by atoms with Crippen molar-refractivity contribution in [1.82, 2.24) is 10.6 Å². The number of nitrogens with one attached hydrogen (secondary N) is 2. The van der Waals surface area contributed by atoms with Gasteiger partial charge in [0.05, 0.1) is 5.60 Å². The van der Waals surface area contributed by atoms with Gasteiger partial charge in [-0.1, -0.05) is 0 Å². The summed E-state index contributed by atoms with van der Waals surface area (Å²) < 4.78 is 5.26. The maximum atomic E-state index is 10.2. The molecule has 15 heavy (non-hydrogen) atoms. The van der Waals surface area contributed by atoms with Crippen LogP contribution in [-0.2, 0) is 4.74 Å². The normalized spacial score (nSPS) is 27.8. The lowest BCUT2D eigenvalue weighted by Gasteiger charge is -2.34. The molecule has 0 aliphatic carbocycles. The molecule has 4 heteroatoms. The second-order valence-electron chi connectivity index (χ2n) is 4.74. The number of hydrogen-bond donors (Lipinski definition) is 3. The summed E-state index contributed by atoms with van der Waals surface area (Å²) in [6.45, 7) is 4.31. The number of ether oxygens (including phenoxy) is 1. The summed E-state index contributed by atoms with van der Waals surface area (Å²) in [4.78, 5) is 0. The largest absolute Gasteiger partial charge is 0.388 e. The highest BCUT2D eigenvalue weighted by molar-refractivity contribution is 4.86.